The van der Waals surface area contributed by atoms with E-state index in [-0.39, 0.29) is 22.8 Å². The van der Waals surface area contributed by atoms with Crippen LogP contribution in [0.15, 0.2) is 59.9 Å². The summed E-state index contributed by atoms with van der Waals surface area (Å²) in [5.74, 6) is 0.595. The Morgan fingerprint density at radius 2 is 1.64 bits per heavy atom. The Morgan fingerprint density at radius 1 is 1.04 bits per heavy atom. The maximum absolute atomic E-state index is 13.0. The molecule has 5 nitrogen and oxygen atoms in total. The first-order valence-electron chi connectivity index (χ1n) is 9.18. The topological polar surface area (TPSA) is 69.4 Å². The summed E-state index contributed by atoms with van der Waals surface area (Å²) < 4.78 is 6.31. The Hall–Kier alpha value is -2.66. The molecule has 4 rings (SSSR count). The lowest BCUT2D eigenvalue weighted by Gasteiger charge is -2.29. The number of ether oxygens (including phenoxy) is 1. The molecule has 28 heavy (non-hydrogen) atoms. The largest absolute Gasteiger partial charge is 0.489 e. The first kappa shape index (κ1) is 18.7. The molecule has 6 heteroatoms. The van der Waals surface area contributed by atoms with Crippen LogP contribution in [-0.2, 0) is 9.53 Å². The van der Waals surface area contributed by atoms with E-state index in [1.54, 1.807) is 24.3 Å². The molecule has 0 spiro atoms. The molecule has 1 heterocycles. The van der Waals surface area contributed by atoms with Crippen LogP contribution in [-0.4, -0.2) is 10.7 Å². The number of benzene rings is 2. The third-order valence-corrected chi connectivity index (χ3v) is 5.68. The van der Waals surface area contributed by atoms with E-state index in [1.807, 2.05) is 12.1 Å². The van der Waals surface area contributed by atoms with Gasteiger partial charge >= 0.3 is 0 Å². The molecule has 2 aromatic rings. The Morgan fingerprint density at radius 3 is 2.25 bits per heavy atom. The Balaban J connectivity index is 1.79. The Bertz CT molecular complexity index is 977. The predicted octanol–water partition coefficient (Wildman–Crippen LogP) is 5.75. The average molecular weight is 398 g/mol. The van der Waals surface area contributed by atoms with Crippen LogP contribution < -0.4 is 0 Å². The number of non-ortho nitro benzene ring substituents is 1. The number of halogens is 1. The van der Waals surface area contributed by atoms with Crippen molar-refractivity contribution in [2.45, 2.75) is 38.7 Å². The summed E-state index contributed by atoms with van der Waals surface area (Å²) >= 11 is 6.05. The molecule has 0 fully saturated rings. The van der Waals surface area contributed by atoms with E-state index in [1.165, 1.54) is 12.1 Å². The van der Waals surface area contributed by atoms with Crippen LogP contribution in [0.25, 0.3) is 0 Å². The molecule has 0 N–H and O–H groups in total. The lowest BCUT2D eigenvalue weighted by atomic mass is 9.72. The highest BCUT2D eigenvalue weighted by atomic mass is 35.5. The van der Waals surface area contributed by atoms with E-state index in [9.17, 15) is 14.9 Å². The maximum Gasteiger partial charge on any atom is 0.269 e. The van der Waals surface area contributed by atoms with Gasteiger partial charge < -0.3 is 4.74 Å². The minimum absolute atomic E-state index is 0.0275. The number of nitrogens with zero attached hydrogens (tertiary/aromatic N) is 1. The van der Waals surface area contributed by atoms with Gasteiger partial charge in [0.2, 0.25) is 0 Å². The third kappa shape index (κ3) is 3.31. The number of nitro groups is 1. The average Bonchev–Trinajstić information content (AvgIpc) is 3.00. The minimum Gasteiger partial charge on any atom is -0.489 e. The predicted molar refractivity (Wildman–Crippen MR) is 106 cm³/mol. The molecule has 144 valence electrons. The highest BCUT2D eigenvalue weighted by Crippen LogP contribution is 2.54. The molecule has 0 saturated heterocycles. The standard InChI is InChI=1S/C22H20ClNO4/c1-22(2)11-17(25)20-18(12-22)28-21(14-5-9-16(10-6-14)24(26)27)19(20)13-3-7-15(23)8-4-13/h3-10,19,21H,11-12H2,1-2H3/t19-,21+/m0/s1. The quantitative estimate of drug-likeness (QED) is 0.488. The van der Waals surface area contributed by atoms with Crippen molar-refractivity contribution in [2.24, 2.45) is 5.41 Å². The van der Waals surface area contributed by atoms with Crippen molar-refractivity contribution in [1.29, 1.82) is 0 Å². The molecule has 2 aromatic carbocycles. The van der Waals surface area contributed by atoms with Crippen LogP contribution in [0.2, 0.25) is 5.02 Å². The van der Waals surface area contributed by atoms with Gasteiger partial charge in [0.15, 0.2) is 5.78 Å². The second-order valence-electron chi connectivity index (χ2n) is 8.19. The number of rotatable bonds is 3. The number of hydrogen-bond donors (Lipinski definition) is 0. The molecule has 0 saturated carbocycles. The van der Waals surface area contributed by atoms with Crippen molar-refractivity contribution in [3.05, 3.63) is 86.1 Å². The van der Waals surface area contributed by atoms with Crippen LogP contribution in [0, 0.1) is 15.5 Å². The molecule has 0 bridgehead atoms. The third-order valence-electron chi connectivity index (χ3n) is 5.42. The molecule has 0 radical (unpaired) electrons. The zero-order valence-corrected chi connectivity index (χ0v) is 16.4. The number of nitro benzene ring substituents is 1. The van der Waals surface area contributed by atoms with Crippen LogP contribution in [0.3, 0.4) is 0 Å². The van der Waals surface area contributed by atoms with Crippen molar-refractivity contribution in [3.8, 4) is 0 Å². The van der Waals surface area contributed by atoms with Gasteiger partial charge in [-0.2, -0.15) is 0 Å². The molecule has 0 aromatic heterocycles. The highest BCUT2D eigenvalue weighted by Gasteiger charge is 2.46. The highest BCUT2D eigenvalue weighted by molar-refractivity contribution is 6.30. The first-order valence-corrected chi connectivity index (χ1v) is 9.56. The summed E-state index contributed by atoms with van der Waals surface area (Å²) in [5.41, 5.74) is 2.37. The Labute approximate surface area is 168 Å². The summed E-state index contributed by atoms with van der Waals surface area (Å²) in [5, 5.41) is 11.6. The molecule has 0 unspecified atom stereocenters. The van der Waals surface area contributed by atoms with Gasteiger partial charge in [0.05, 0.1) is 10.8 Å². The van der Waals surface area contributed by atoms with Gasteiger partial charge in [-0.05, 0) is 40.8 Å². The SMILES string of the molecule is CC1(C)CC(=O)C2=C(C1)O[C@H](c1ccc([N+](=O)[O-])cc1)[C@H]2c1ccc(Cl)cc1. The van der Waals surface area contributed by atoms with Crippen molar-refractivity contribution in [3.63, 3.8) is 0 Å². The first-order chi connectivity index (χ1) is 13.2. The van der Waals surface area contributed by atoms with Crippen molar-refractivity contribution in [1.82, 2.24) is 0 Å². The maximum atomic E-state index is 13.0. The number of ketones is 1. The van der Waals surface area contributed by atoms with Gasteiger partial charge in [-0.15, -0.1) is 0 Å². The number of hydrogen-bond acceptors (Lipinski definition) is 4. The molecule has 0 amide bonds. The minimum atomic E-state index is -0.425. The fourth-order valence-electron chi connectivity index (χ4n) is 4.16. The lowest BCUT2D eigenvalue weighted by Crippen LogP contribution is -2.26. The second kappa shape index (κ2) is 6.74. The van der Waals surface area contributed by atoms with E-state index >= 15 is 0 Å². The molecule has 1 aliphatic heterocycles. The van der Waals surface area contributed by atoms with E-state index in [2.05, 4.69) is 13.8 Å². The lowest BCUT2D eigenvalue weighted by molar-refractivity contribution is -0.384. The van der Waals surface area contributed by atoms with Gasteiger partial charge in [0, 0.05) is 35.6 Å². The zero-order chi connectivity index (χ0) is 20.1. The van der Waals surface area contributed by atoms with Gasteiger partial charge in [-0.1, -0.05) is 37.6 Å². The zero-order valence-electron chi connectivity index (χ0n) is 15.6. The Kier molecular flexibility index (Phi) is 4.50. The monoisotopic (exact) mass is 397 g/mol. The molecule has 1 aliphatic carbocycles. The summed E-state index contributed by atoms with van der Waals surface area (Å²) in [4.78, 5) is 23.6. The number of allylic oxidation sites excluding steroid dienone is 1. The molecular weight excluding hydrogens is 378 g/mol. The van der Waals surface area contributed by atoms with Crippen LogP contribution in [0.4, 0.5) is 5.69 Å². The van der Waals surface area contributed by atoms with Gasteiger partial charge in [-0.25, -0.2) is 0 Å². The summed E-state index contributed by atoms with van der Waals surface area (Å²) in [6.07, 6.45) is 0.776. The van der Waals surface area contributed by atoms with Gasteiger partial charge in [0.25, 0.3) is 5.69 Å². The van der Waals surface area contributed by atoms with E-state index in [4.69, 9.17) is 16.3 Å². The summed E-state index contributed by atoms with van der Waals surface area (Å²) in [7, 11) is 0. The van der Waals surface area contributed by atoms with Crippen molar-refractivity contribution >= 4 is 23.1 Å². The second-order valence-corrected chi connectivity index (χ2v) is 8.63. The molecule has 2 aliphatic rings. The number of Topliss-reactive ketones (excluding diaryl/α,β-unsaturated/α-hetero) is 1. The molecular formula is C22H20ClNO4. The van der Waals surface area contributed by atoms with E-state index < -0.39 is 11.0 Å². The van der Waals surface area contributed by atoms with Crippen LogP contribution in [0.1, 0.15) is 49.8 Å². The summed E-state index contributed by atoms with van der Waals surface area (Å²) in [6.45, 7) is 4.13. The normalized spacial score (nSPS) is 23.3. The smallest absolute Gasteiger partial charge is 0.269 e. The number of carbonyl (C=O) groups is 1. The van der Waals surface area contributed by atoms with Crippen LogP contribution >= 0.6 is 11.6 Å². The fraction of sp³-hybridized carbons (Fsp3) is 0.318. The van der Waals surface area contributed by atoms with Crippen molar-refractivity contribution < 1.29 is 14.5 Å². The summed E-state index contributed by atoms with van der Waals surface area (Å²) in [6, 6.07) is 13.8. The number of carbonyl (C=O) groups excluding carboxylic acids is 1. The van der Waals surface area contributed by atoms with Gasteiger partial charge in [-0.3, -0.25) is 14.9 Å². The van der Waals surface area contributed by atoms with E-state index in [0.29, 0.717) is 17.9 Å². The van der Waals surface area contributed by atoms with Gasteiger partial charge in [0.1, 0.15) is 11.9 Å². The van der Waals surface area contributed by atoms with E-state index in [0.717, 1.165) is 22.5 Å². The molecule has 2 atom stereocenters. The fourth-order valence-corrected chi connectivity index (χ4v) is 4.29. The van der Waals surface area contributed by atoms with Crippen molar-refractivity contribution in [2.75, 3.05) is 0 Å². The van der Waals surface area contributed by atoms with Crippen LogP contribution in [0.5, 0.6) is 0 Å².